The minimum absolute atomic E-state index is 0.112. The average molecular weight is 356 g/mol. The summed E-state index contributed by atoms with van der Waals surface area (Å²) in [4.78, 5) is 26.7. The van der Waals surface area contributed by atoms with Crippen molar-refractivity contribution in [3.05, 3.63) is 41.7 Å². The van der Waals surface area contributed by atoms with Gasteiger partial charge in [0.1, 0.15) is 12.1 Å². The molecular weight excluding hydrogens is 339 g/mol. The van der Waals surface area contributed by atoms with Gasteiger partial charge in [0, 0.05) is 12.1 Å². The van der Waals surface area contributed by atoms with Crippen LogP contribution < -0.4 is 9.64 Å². The molecule has 8 nitrogen and oxygen atoms in total. The second kappa shape index (κ2) is 6.32. The SMILES string of the molecule is COc1ncc(F)cc1[C@@H]1CCCN1c1ncn2ncc(C(C)=O)c2n1. The first kappa shape index (κ1) is 16.4. The third-order valence-electron chi connectivity index (χ3n) is 4.54. The van der Waals surface area contributed by atoms with Crippen LogP contribution in [0.4, 0.5) is 10.3 Å². The Bertz CT molecular complexity index is 989. The number of Topliss-reactive ketones (excluding diaryl/α,β-unsaturated/α-hetero) is 1. The smallest absolute Gasteiger partial charge is 0.229 e. The molecule has 3 aromatic heterocycles. The Balaban J connectivity index is 1.77. The number of hydrogen-bond donors (Lipinski definition) is 0. The molecule has 1 aliphatic heterocycles. The number of halogens is 1. The summed E-state index contributed by atoms with van der Waals surface area (Å²) in [5.41, 5.74) is 1.56. The van der Waals surface area contributed by atoms with Crippen molar-refractivity contribution in [3.8, 4) is 5.88 Å². The number of carbonyl (C=O) groups excluding carboxylic acids is 1. The molecule has 0 radical (unpaired) electrons. The molecule has 26 heavy (non-hydrogen) atoms. The predicted molar refractivity (Wildman–Crippen MR) is 90.9 cm³/mol. The lowest BCUT2D eigenvalue weighted by Crippen LogP contribution is -2.25. The first-order valence-electron chi connectivity index (χ1n) is 8.26. The zero-order chi connectivity index (χ0) is 18.3. The Hall–Kier alpha value is -3.10. The second-order valence-corrected chi connectivity index (χ2v) is 6.14. The van der Waals surface area contributed by atoms with Crippen LogP contribution in [-0.4, -0.2) is 44.0 Å². The second-order valence-electron chi connectivity index (χ2n) is 6.14. The maximum absolute atomic E-state index is 13.8. The summed E-state index contributed by atoms with van der Waals surface area (Å²) in [6.07, 6.45) is 5.85. The highest BCUT2D eigenvalue weighted by Crippen LogP contribution is 2.38. The summed E-state index contributed by atoms with van der Waals surface area (Å²) in [6, 6.07) is 1.28. The van der Waals surface area contributed by atoms with Gasteiger partial charge in [0.25, 0.3) is 0 Å². The Morgan fingerprint density at radius 2 is 2.19 bits per heavy atom. The van der Waals surface area contributed by atoms with E-state index in [-0.39, 0.29) is 11.8 Å². The van der Waals surface area contributed by atoms with Gasteiger partial charge in [-0.25, -0.2) is 18.9 Å². The molecule has 0 N–H and O–H groups in total. The third kappa shape index (κ3) is 2.65. The van der Waals surface area contributed by atoms with Crippen LogP contribution in [0.15, 0.2) is 24.8 Å². The number of aromatic nitrogens is 5. The lowest BCUT2D eigenvalue weighted by molar-refractivity contribution is 0.101. The summed E-state index contributed by atoms with van der Waals surface area (Å²) in [5.74, 6) is 0.324. The lowest BCUT2D eigenvalue weighted by Gasteiger charge is -2.25. The molecule has 9 heteroatoms. The minimum atomic E-state index is -0.418. The molecule has 0 aliphatic carbocycles. The molecule has 3 aromatic rings. The van der Waals surface area contributed by atoms with Crippen LogP contribution in [0.3, 0.4) is 0 Å². The summed E-state index contributed by atoms with van der Waals surface area (Å²) < 4.78 is 20.5. The summed E-state index contributed by atoms with van der Waals surface area (Å²) in [6.45, 7) is 2.19. The van der Waals surface area contributed by atoms with E-state index in [1.54, 1.807) is 0 Å². The molecule has 0 bridgehead atoms. The molecule has 0 spiro atoms. The fraction of sp³-hybridized carbons (Fsp3) is 0.353. The summed E-state index contributed by atoms with van der Waals surface area (Å²) in [7, 11) is 1.51. The number of anilines is 1. The van der Waals surface area contributed by atoms with Crippen molar-refractivity contribution in [1.82, 2.24) is 24.6 Å². The molecule has 1 saturated heterocycles. The van der Waals surface area contributed by atoms with Crippen LogP contribution in [0.1, 0.15) is 41.7 Å². The highest BCUT2D eigenvalue weighted by atomic mass is 19.1. The van der Waals surface area contributed by atoms with Crippen LogP contribution in [0.2, 0.25) is 0 Å². The topological polar surface area (TPSA) is 85.5 Å². The highest BCUT2D eigenvalue weighted by Gasteiger charge is 2.31. The Morgan fingerprint density at radius 1 is 1.35 bits per heavy atom. The number of carbonyl (C=O) groups is 1. The Labute approximate surface area is 148 Å². The summed E-state index contributed by atoms with van der Waals surface area (Å²) >= 11 is 0. The molecule has 0 unspecified atom stereocenters. The van der Waals surface area contributed by atoms with Crippen LogP contribution in [-0.2, 0) is 0 Å². The molecule has 4 heterocycles. The Morgan fingerprint density at radius 3 is 2.96 bits per heavy atom. The van der Waals surface area contributed by atoms with Gasteiger partial charge in [0.05, 0.1) is 31.1 Å². The zero-order valence-electron chi connectivity index (χ0n) is 14.4. The third-order valence-corrected chi connectivity index (χ3v) is 4.54. The zero-order valence-corrected chi connectivity index (χ0v) is 14.4. The molecule has 134 valence electrons. The minimum Gasteiger partial charge on any atom is -0.481 e. The number of nitrogens with zero attached hydrogens (tertiary/aromatic N) is 6. The van der Waals surface area contributed by atoms with Gasteiger partial charge in [0.2, 0.25) is 11.8 Å². The monoisotopic (exact) mass is 356 g/mol. The maximum atomic E-state index is 13.8. The molecule has 1 fully saturated rings. The number of pyridine rings is 1. The van der Waals surface area contributed by atoms with Gasteiger partial charge in [-0.15, -0.1) is 0 Å². The van der Waals surface area contributed by atoms with Crippen molar-refractivity contribution in [2.45, 2.75) is 25.8 Å². The fourth-order valence-electron chi connectivity index (χ4n) is 3.35. The number of fused-ring (bicyclic) bond motifs is 1. The maximum Gasteiger partial charge on any atom is 0.229 e. The number of methoxy groups -OCH3 is 1. The molecule has 1 atom stereocenters. The van der Waals surface area contributed by atoms with E-state index in [2.05, 4.69) is 20.1 Å². The predicted octanol–water partition coefficient (Wildman–Crippen LogP) is 2.21. The van der Waals surface area contributed by atoms with Gasteiger partial charge in [0.15, 0.2) is 11.4 Å². The number of ketones is 1. The number of rotatable bonds is 4. The first-order valence-corrected chi connectivity index (χ1v) is 8.26. The van der Waals surface area contributed by atoms with Gasteiger partial charge in [-0.1, -0.05) is 0 Å². The normalized spacial score (nSPS) is 17.0. The van der Waals surface area contributed by atoms with Gasteiger partial charge in [-0.05, 0) is 25.8 Å². The summed E-state index contributed by atoms with van der Waals surface area (Å²) in [5, 5.41) is 4.10. The average Bonchev–Trinajstić information content (AvgIpc) is 3.28. The van der Waals surface area contributed by atoms with Gasteiger partial charge < -0.3 is 9.64 Å². The van der Waals surface area contributed by atoms with Crippen LogP contribution in [0, 0.1) is 5.82 Å². The van der Waals surface area contributed by atoms with Crippen molar-refractivity contribution in [2.24, 2.45) is 0 Å². The largest absolute Gasteiger partial charge is 0.481 e. The standard InChI is InChI=1S/C17H17FN6O2/c1-10(25)13-8-21-24-9-20-17(22-15(13)24)23-5-3-4-14(23)12-6-11(18)7-19-16(12)26-2/h6-9,14H,3-5H2,1-2H3/t14-/m0/s1. The number of hydrogen-bond acceptors (Lipinski definition) is 7. The highest BCUT2D eigenvalue weighted by molar-refractivity contribution is 5.99. The van der Waals surface area contributed by atoms with Crippen LogP contribution in [0.25, 0.3) is 5.65 Å². The van der Waals surface area contributed by atoms with Crippen molar-refractivity contribution >= 4 is 17.4 Å². The van der Waals surface area contributed by atoms with Crippen molar-refractivity contribution in [2.75, 3.05) is 18.6 Å². The van der Waals surface area contributed by atoms with Gasteiger partial charge in [-0.3, -0.25) is 4.79 Å². The van der Waals surface area contributed by atoms with E-state index < -0.39 is 5.82 Å². The van der Waals surface area contributed by atoms with Crippen molar-refractivity contribution < 1.29 is 13.9 Å². The van der Waals surface area contributed by atoms with E-state index in [4.69, 9.17) is 4.74 Å². The van der Waals surface area contributed by atoms with Crippen molar-refractivity contribution in [3.63, 3.8) is 0 Å². The van der Waals surface area contributed by atoms with E-state index in [0.717, 1.165) is 19.0 Å². The molecular formula is C17H17FN6O2. The number of ether oxygens (including phenoxy) is 1. The van der Waals surface area contributed by atoms with E-state index in [1.807, 2.05) is 4.90 Å². The first-order chi connectivity index (χ1) is 12.6. The Kier molecular flexibility index (Phi) is 3.98. The molecule has 1 aliphatic rings. The quantitative estimate of drug-likeness (QED) is 0.663. The van der Waals surface area contributed by atoms with Crippen molar-refractivity contribution in [1.29, 1.82) is 0 Å². The molecule has 0 amide bonds. The molecule has 0 saturated carbocycles. The van der Waals surface area contributed by atoms with E-state index in [9.17, 15) is 9.18 Å². The van der Waals surface area contributed by atoms with Gasteiger partial charge >= 0.3 is 0 Å². The molecule has 0 aromatic carbocycles. The van der Waals surface area contributed by atoms with E-state index in [0.29, 0.717) is 35.1 Å². The lowest BCUT2D eigenvalue weighted by atomic mass is 10.1. The van der Waals surface area contributed by atoms with Crippen LogP contribution in [0.5, 0.6) is 5.88 Å². The van der Waals surface area contributed by atoms with Gasteiger partial charge in [-0.2, -0.15) is 10.1 Å². The van der Waals surface area contributed by atoms with E-state index >= 15 is 0 Å². The molecule has 4 rings (SSSR count). The van der Waals surface area contributed by atoms with Crippen LogP contribution >= 0.6 is 0 Å². The van der Waals surface area contributed by atoms with E-state index in [1.165, 1.54) is 37.1 Å². The fourth-order valence-corrected chi connectivity index (χ4v) is 3.35.